The Hall–Kier alpha value is -9.65. The Morgan fingerprint density at radius 1 is 0.292 bits per heavy atom. The van der Waals surface area contributed by atoms with Crippen LogP contribution in [0.1, 0.15) is 22.9 Å². The average Bonchev–Trinajstić information content (AvgIpc) is 3.47. The Morgan fingerprint density at radius 3 is 1.26 bits per heavy atom. The molecule has 13 rings (SSSR count). The van der Waals surface area contributed by atoms with Crippen LogP contribution in [0.15, 0.2) is 265 Å². The molecular weight excluding hydrogens is 877 g/mol. The van der Waals surface area contributed by atoms with Crippen LogP contribution in [0.5, 0.6) is 0 Å². The lowest BCUT2D eigenvalue weighted by molar-refractivity contribution is 0.674. The third kappa shape index (κ3) is 8.07. The molecule has 0 fully saturated rings. The van der Waals surface area contributed by atoms with Crippen LogP contribution in [0.4, 0.5) is 0 Å². The number of nitrogens with zero attached hydrogens (tertiary/aromatic N) is 5. The van der Waals surface area contributed by atoms with Gasteiger partial charge in [-0.05, 0) is 77.3 Å². The Balaban J connectivity index is 0.828. The number of hydrogen-bond acceptors (Lipinski definition) is 6. The summed E-state index contributed by atoms with van der Waals surface area (Å²) in [5, 5.41) is 10.6. The van der Waals surface area contributed by atoms with Crippen LogP contribution in [0.2, 0.25) is 0 Å². The summed E-state index contributed by atoms with van der Waals surface area (Å²) in [5.74, 6) is 3.42. The van der Waals surface area contributed by atoms with Gasteiger partial charge in [0.1, 0.15) is 12.0 Å². The SMILES string of the molecule is c1ccc(C2=NC(c3ccc(-c4ccc(-c5ccc(-c6ccc(-c7nc(-c8ccccc8)nc(-c8ccc9ccccc9c8)n7)cc6)c6ccccc56)c5ccccc45)cc3)=NC(c3ccccc3)N2)cc1. The fourth-order valence-electron chi connectivity index (χ4n) is 9.98. The fraction of sp³-hybridized carbons (Fsp3) is 0.0152. The van der Waals surface area contributed by atoms with E-state index in [1.54, 1.807) is 0 Å². The van der Waals surface area contributed by atoms with Gasteiger partial charge in [-0.25, -0.2) is 24.9 Å². The maximum atomic E-state index is 5.10. The van der Waals surface area contributed by atoms with Gasteiger partial charge >= 0.3 is 0 Å². The summed E-state index contributed by atoms with van der Waals surface area (Å²) in [5.41, 5.74) is 12.8. The molecule has 0 saturated heterocycles. The van der Waals surface area contributed by atoms with Crippen molar-refractivity contribution in [3.8, 4) is 67.5 Å². The molecule has 1 atom stereocenters. The van der Waals surface area contributed by atoms with Gasteiger partial charge in [0, 0.05) is 27.8 Å². The Morgan fingerprint density at radius 2 is 0.694 bits per heavy atom. The van der Waals surface area contributed by atoms with E-state index in [1.807, 2.05) is 66.7 Å². The van der Waals surface area contributed by atoms with Gasteiger partial charge in [-0.3, -0.25) is 0 Å². The molecule has 0 bridgehead atoms. The molecule has 6 nitrogen and oxygen atoms in total. The van der Waals surface area contributed by atoms with Crippen molar-refractivity contribution in [3.05, 3.63) is 271 Å². The summed E-state index contributed by atoms with van der Waals surface area (Å²) < 4.78 is 0. The quantitative estimate of drug-likeness (QED) is 0.156. The smallest absolute Gasteiger partial charge is 0.164 e. The number of fused-ring (bicyclic) bond motifs is 3. The highest BCUT2D eigenvalue weighted by atomic mass is 15.2. The maximum absolute atomic E-state index is 5.10. The first kappa shape index (κ1) is 42.5. The second-order valence-corrected chi connectivity index (χ2v) is 18.0. The molecule has 1 aliphatic rings. The molecule has 0 radical (unpaired) electrons. The predicted molar refractivity (Wildman–Crippen MR) is 297 cm³/mol. The molecule has 1 aliphatic heterocycles. The number of aliphatic imine (C=N–C) groups is 2. The number of hydrogen-bond donors (Lipinski definition) is 1. The van der Waals surface area contributed by atoms with Crippen LogP contribution in [0, 0.1) is 0 Å². The first-order valence-corrected chi connectivity index (χ1v) is 24.3. The van der Waals surface area contributed by atoms with E-state index in [0.717, 1.165) is 61.3 Å². The number of rotatable bonds is 9. The minimum absolute atomic E-state index is 0.256. The van der Waals surface area contributed by atoms with Gasteiger partial charge in [0.2, 0.25) is 0 Å². The molecule has 72 heavy (non-hydrogen) atoms. The van der Waals surface area contributed by atoms with Crippen molar-refractivity contribution >= 4 is 44.0 Å². The summed E-state index contributed by atoms with van der Waals surface area (Å²) in [4.78, 5) is 25.2. The van der Waals surface area contributed by atoms with Crippen LogP contribution in [0.25, 0.3) is 99.9 Å². The standard InChI is InChI=1S/C66H44N6/c1-4-17-46(18-5-1)61-67-62(47-19-6-2-7-20-47)69-64(68-61)49-33-29-44(30-34-49)53-38-40-59(57-26-14-12-24-55(53)57)60-41-39-54(56-25-13-15-27-58(56)60)45-31-35-50(36-32-45)65-70-63(48-21-8-3-9-22-48)71-66(72-65)52-37-28-43-16-10-11-23-51(43)42-52/h1-42,61H,(H,67,68,69). The van der Waals surface area contributed by atoms with Gasteiger partial charge in [0.05, 0.1) is 0 Å². The van der Waals surface area contributed by atoms with Crippen molar-refractivity contribution in [2.45, 2.75) is 6.17 Å². The van der Waals surface area contributed by atoms with Crippen LogP contribution >= 0.6 is 0 Å². The monoisotopic (exact) mass is 920 g/mol. The molecule has 12 aromatic rings. The molecule has 2 heterocycles. The molecule has 0 spiro atoms. The zero-order chi connectivity index (χ0) is 47.8. The van der Waals surface area contributed by atoms with Gasteiger partial charge in [-0.1, -0.05) is 249 Å². The van der Waals surface area contributed by atoms with Crippen LogP contribution in [0.3, 0.4) is 0 Å². The van der Waals surface area contributed by atoms with Gasteiger partial charge in [0.25, 0.3) is 0 Å². The number of benzene rings is 11. The minimum atomic E-state index is -0.256. The van der Waals surface area contributed by atoms with E-state index in [4.69, 9.17) is 24.9 Å². The molecule has 6 heteroatoms. The van der Waals surface area contributed by atoms with Gasteiger partial charge in [-0.15, -0.1) is 0 Å². The number of aromatic nitrogens is 3. The molecule has 11 aromatic carbocycles. The Kier molecular flexibility index (Phi) is 10.8. The normalized spacial score (nSPS) is 13.4. The van der Waals surface area contributed by atoms with Crippen LogP contribution in [-0.2, 0) is 0 Å². The molecule has 1 N–H and O–H groups in total. The first-order valence-electron chi connectivity index (χ1n) is 24.3. The van der Waals surface area contributed by atoms with Gasteiger partial charge in [-0.2, -0.15) is 0 Å². The van der Waals surface area contributed by atoms with Crippen molar-refractivity contribution < 1.29 is 0 Å². The Labute approximate surface area is 417 Å². The summed E-state index contributed by atoms with van der Waals surface area (Å²) in [6, 6.07) is 89.3. The highest BCUT2D eigenvalue weighted by molar-refractivity contribution is 6.14. The van der Waals surface area contributed by atoms with E-state index in [0.29, 0.717) is 23.3 Å². The summed E-state index contributed by atoms with van der Waals surface area (Å²) in [7, 11) is 0. The molecule has 0 saturated carbocycles. The third-order valence-electron chi connectivity index (χ3n) is 13.6. The largest absolute Gasteiger partial charge is 0.344 e. The Bertz CT molecular complexity index is 4040. The summed E-state index contributed by atoms with van der Waals surface area (Å²) in [6.45, 7) is 0. The van der Waals surface area contributed by atoms with Crippen LogP contribution < -0.4 is 5.32 Å². The predicted octanol–water partition coefficient (Wildman–Crippen LogP) is 15.8. The lowest BCUT2D eigenvalue weighted by Crippen LogP contribution is -2.33. The zero-order valence-electron chi connectivity index (χ0n) is 39.1. The summed E-state index contributed by atoms with van der Waals surface area (Å²) in [6.07, 6.45) is -0.256. The number of nitrogens with one attached hydrogen (secondary N) is 1. The van der Waals surface area contributed by atoms with Gasteiger partial charge < -0.3 is 5.32 Å². The molecule has 1 unspecified atom stereocenters. The van der Waals surface area contributed by atoms with Gasteiger partial charge in [0.15, 0.2) is 23.3 Å². The zero-order valence-corrected chi connectivity index (χ0v) is 39.1. The van der Waals surface area contributed by atoms with Crippen molar-refractivity contribution in [2.24, 2.45) is 9.98 Å². The minimum Gasteiger partial charge on any atom is -0.344 e. The third-order valence-corrected chi connectivity index (χ3v) is 13.6. The lowest BCUT2D eigenvalue weighted by Gasteiger charge is -2.23. The first-order chi connectivity index (χ1) is 35.7. The topological polar surface area (TPSA) is 75.4 Å². The highest BCUT2D eigenvalue weighted by Crippen LogP contribution is 2.41. The molecule has 0 aliphatic carbocycles. The second kappa shape index (κ2) is 18.3. The van der Waals surface area contributed by atoms with Crippen molar-refractivity contribution in [1.82, 2.24) is 20.3 Å². The summed E-state index contributed by atoms with van der Waals surface area (Å²) >= 11 is 0. The highest BCUT2D eigenvalue weighted by Gasteiger charge is 2.22. The van der Waals surface area contributed by atoms with E-state index in [9.17, 15) is 0 Å². The van der Waals surface area contributed by atoms with E-state index >= 15 is 0 Å². The second-order valence-electron chi connectivity index (χ2n) is 18.0. The molecule has 1 aromatic heterocycles. The van der Waals surface area contributed by atoms with E-state index in [2.05, 4.69) is 193 Å². The van der Waals surface area contributed by atoms with Crippen molar-refractivity contribution in [1.29, 1.82) is 0 Å². The lowest BCUT2D eigenvalue weighted by atomic mass is 9.88. The molecular formula is C66H44N6. The number of amidine groups is 2. The van der Waals surface area contributed by atoms with E-state index < -0.39 is 0 Å². The maximum Gasteiger partial charge on any atom is 0.164 e. The van der Waals surface area contributed by atoms with E-state index in [-0.39, 0.29) is 6.17 Å². The van der Waals surface area contributed by atoms with E-state index in [1.165, 1.54) is 43.6 Å². The fourth-order valence-corrected chi connectivity index (χ4v) is 9.98. The van der Waals surface area contributed by atoms with Crippen molar-refractivity contribution in [3.63, 3.8) is 0 Å². The molecule has 338 valence electrons. The molecule has 0 amide bonds. The van der Waals surface area contributed by atoms with Crippen molar-refractivity contribution in [2.75, 3.05) is 0 Å². The van der Waals surface area contributed by atoms with Crippen LogP contribution in [-0.4, -0.2) is 26.6 Å². The average molecular weight is 921 g/mol.